The fraction of sp³-hybridized carbons (Fsp3) is 0.529. The first-order valence-electron chi connectivity index (χ1n) is 8.64. The number of carbonyl (C=O) groups is 1. The second kappa shape index (κ2) is 7.79. The molecule has 1 aliphatic rings. The highest BCUT2D eigenvalue weighted by atomic mass is 16.3. The van der Waals surface area contributed by atoms with Gasteiger partial charge in [-0.3, -0.25) is 14.3 Å². The van der Waals surface area contributed by atoms with Crippen molar-refractivity contribution in [1.29, 1.82) is 0 Å². The number of carbonyl (C=O) groups excluding carboxylic acids is 1. The predicted octanol–water partition coefficient (Wildman–Crippen LogP) is -0.464. The lowest BCUT2D eigenvalue weighted by molar-refractivity contribution is -0.132. The fourth-order valence-corrected chi connectivity index (χ4v) is 3.01. The fourth-order valence-electron chi connectivity index (χ4n) is 3.01. The van der Waals surface area contributed by atoms with Gasteiger partial charge in [0.2, 0.25) is 5.91 Å². The van der Waals surface area contributed by atoms with Crippen molar-refractivity contribution < 1.29 is 9.90 Å². The van der Waals surface area contributed by atoms with Gasteiger partial charge in [-0.05, 0) is 26.2 Å². The smallest absolute Gasteiger partial charge is 0.264 e. The summed E-state index contributed by atoms with van der Waals surface area (Å²) in [6, 6.07) is 4.92. The monoisotopic (exact) mass is 360 g/mol. The van der Waals surface area contributed by atoms with Crippen molar-refractivity contribution in [3.05, 3.63) is 45.6 Å². The van der Waals surface area contributed by atoms with E-state index in [0.717, 1.165) is 5.69 Å². The number of fused-ring (bicyclic) bond motifs is 1. The summed E-state index contributed by atoms with van der Waals surface area (Å²) >= 11 is 0. The summed E-state index contributed by atoms with van der Waals surface area (Å²) in [4.78, 5) is 27.2. The van der Waals surface area contributed by atoms with Crippen LogP contribution in [0.15, 0.2) is 23.0 Å². The van der Waals surface area contributed by atoms with E-state index >= 15 is 0 Å². The van der Waals surface area contributed by atoms with E-state index in [-0.39, 0.29) is 11.5 Å². The summed E-state index contributed by atoms with van der Waals surface area (Å²) in [6.07, 6.45) is 0.181. The molecule has 2 aromatic rings. The van der Waals surface area contributed by atoms with Crippen molar-refractivity contribution in [3.8, 4) is 0 Å². The highest BCUT2D eigenvalue weighted by molar-refractivity contribution is 5.76. The highest BCUT2D eigenvalue weighted by Crippen LogP contribution is 2.19. The van der Waals surface area contributed by atoms with Gasteiger partial charge in [-0.2, -0.15) is 10.2 Å². The topological polar surface area (TPSA) is 107 Å². The van der Waals surface area contributed by atoms with E-state index in [1.807, 2.05) is 29.7 Å². The van der Waals surface area contributed by atoms with Gasteiger partial charge in [0.15, 0.2) is 0 Å². The van der Waals surface area contributed by atoms with Gasteiger partial charge in [0, 0.05) is 32.0 Å². The molecule has 3 heterocycles. The summed E-state index contributed by atoms with van der Waals surface area (Å²) in [5.74, 6) is 0.0424. The average Bonchev–Trinajstić information content (AvgIpc) is 3.04. The molecule has 0 saturated heterocycles. The number of aryl methyl sites for hydroxylation is 1. The zero-order valence-electron chi connectivity index (χ0n) is 15.1. The molecule has 2 aromatic heterocycles. The number of nitrogens with zero attached hydrogens (tertiary/aromatic N) is 5. The normalized spacial score (nSPS) is 15.2. The third kappa shape index (κ3) is 4.36. The minimum atomic E-state index is -0.640. The number of aliphatic hydroxyl groups excluding tert-OH is 1. The van der Waals surface area contributed by atoms with Crippen molar-refractivity contribution in [2.24, 2.45) is 0 Å². The van der Waals surface area contributed by atoms with Gasteiger partial charge in [0.05, 0.1) is 30.2 Å². The van der Waals surface area contributed by atoms with Crippen LogP contribution in [0.2, 0.25) is 0 Å². The molecule has 140 valence electrons. The standard InChI is InChI=1S/C17H24N6O3/c1-21(2)11-15(24)14-9-13-10-22(7-8-23(13)20-14)17(26)6-4-12-3-5-16(25)19-18-12/h3,5,9,15,24H,4,6-8,10-11H2,1-2H3,(H,19,25). The van der Waals surface area contributed by atoms with E-state index in [4.69, 9.17) is 0 Å². The Balaban J connectivity index is 1.58. The molecule has 0 bridgehead atoms. The number of aliphatic hydroxyl groups is 1. The quantitative estimate of drug-likeness (QED) is 0.722. The maximum absolute atomic E-state index is 12.5. The summed E-state index contributed by atoms with van der Waals surface area (Å²) in [5, 5.41) is 21.0. The molecule has 2 N–H and O–H groups in total. The van der Waals surface area contributed by atoms with Crippen LogP contribution in [0.4, 0.5) is 0 Å². The Labute approximate surface area is 151 Å². The third-order valence-corrected chi connectivity index (χ3v) is 4.38. The molecule has 0 fully saturated rings. The lowest BCUT2D eigenvalue weighted by Gasteiger charge is -2.27. The van der Waals surface area contributed by atoms with Crippen molar-refractivity contribution in [2.45, 2.75) is 32.0 Å². The van der Waals surface area contributed by atoms with Crippen molar-refractivity contribution in [3.63, 3.8) is 0 Å². The van der Waals surface area contributed by atoms with E-state index in [1.54, 1.807) is 11.0 Å². The summed E-state index contributed by atoms with van der Waals surface area (Å²) in [6.45, 7) is 2.20. The van der Waals surface area contributed by atoms with Crippen molar-refractivity contribution in [1.82, 2.24) is 29.8 Å². The first kappa shape index (κ1) is 18.3. The Bertz CT molecular complexity index is 808. The van der Waals surface area contributed by atoms with E-state index in [1.165, 1.54) is 6.07 Å². The molecule has 0 saturated carbocycles. The van der Waals surface area contributed by atoms with E-state index in [0.29, 0.717) is 50.4 Å². The lowest BCUT2D eigenvalue weighted by atomic mass is 10.2. The van der Waals surface area contributed by atoms with Crippen molar-refractivity contribution >= 4 is 5.91 Å². The number of nitrogens with one attached hydrogen (secondary N) is 1. The number of amides is 1. The Morgan fingerprint density at radius 3 is 2.88 bits per heavy atom. The molecule has 26 heavy (non-hydrogen) atoms. The van der Waals surface area contributed by atoms with Gasteiger partial charge < -0.3 is 14.9 Å². The van der Waals surface area contributed by atoms with Gasteiger partial charge >= 0.3 is 0 Å². The summed E-state index contributed by atoms with van der Waals surface area (Å²) in [5.41, 5.74) is 2.01. The molecule has 0 radical (unpaired) electrons. The maximum Gasteiger partial charge on any atom is 0.264 e. The van der Waals surface area contributed by atoms with Crippen LogP contribution in [0.5, 0.6) is 0 Å². The Kier molecular flexibility index (Phi) is 5.48. The van der Waals surface area contributed by atoms with Gasteiger partial charge in [-0.15, -0.1) is 0 Å². The molecule has 1 aliphatic heterocycles. The third-order valence-electron chi connectivity index (χ3n) is 4.38. The van der Waals surface area contributed by atoms with E-state index in [2.05, 4.69) is 15.3 Å². The van der Waals surface area contributed by atoms with Gasteiger partial charge in [0.25, 0.3) is 5.56 Å². The van der Waals surface area contributed by atoms with Crippen LogP contribution in [0, 0.1) is 0 Å². The molecular formula is C17H24N6O3. The number of aromatic nitrogens is 4. The molecule has 1 atom stereocenters. The average molecular weight is 360 g/mol. The minimum Gasteiger partial charge on any atom is -0.385 e. The van der Waals surface area contributed by atoms with Crippen LogP contribution in [0.3, 0.4) is 0 Å². The largest absolute Gasteiger partial charge is 0.385 e. The van der Waals surface area contributed by atoms with E-state index in [9.17, 15) is 14.7 Å². The Hall–Kier alpha value is -2.52. The number of likely N-dealkylation sites (N-methyl/N-ethyl adjacent to an activating group) is 1. The van der Waals surface area contributed by atoms with Gasteiger partial charge in [0.1, 0.15) is 6.10 Å². The first-order valence-corrected chi connectivity index (χ1v) is 8.64. The molecule has 9 heteroatoms. The molecule has 1 amide bonds. The lowest BCUT2D eigenvalue weighted by Crippen LogP contribution is -2.38. The number of rotatable bonds is 6. The van der Waals surface area contributed by atoms with Crippen LogP contribution < -0.4 is 5.56 Å². The highest BCUT2D eigenvalue weighted by Gasteiger charge is 2.24. The van der Waals surface area contributed by atoms with Crippen molar-refractivity contribution in [2.75, 3.05) is 27.2 Å². The number of hydrogen-bond donors (Lipinski definition) is 2. The zero-order valence-corrected chi connectivity index (χ0v) is 15.1. The SMILES string of the molecule is CN(C)CC(O)c1cc2n(n1)CCN(C(=O)CCc1ccc(=O)[nH]n1)C2. The number of hydrogen-bond acceptors (Lipinski definition) is 6. The maximum atomic E-state index is 12.5. The first-order chi connectivity index (χ1) is 12.4. The zero-order chi connectivity index (χ0) is 18.7. The molecular weight excluding hydrogens is 336 g/mol. The molecule has 0 spiro atoms. The number of aromatic amines is 1. The van der Waals surface area contributed by atoms with Gasteiger partial charge in [-0.1, -0.05) is 0 Å². The molecule has 3 rings (SSSR count). The Morgan fingerprint density at radius 2 is 2.19 bits per heavy atom. The predicted molar refractivity (Wildman–Crippen MR) is 94.3 cm³/mol. The van der Waals surface area contributed by atoms with E-state index < -0.39 is 6.10 Å². The second-order valence-corrected chi connectivity index (χ2v) is 6.79. The molecule has 0 aliphatic carbocycles. The van der Waals surface area contributed by atoms with Crippen LogP contribution in [-0.4, -0.2) is 68.0 Å². The van der Waals surface area contributed by atoms with Crippen LogP contribution in [0.1, 0.15) is 29.6 Å². The Morgan fingerprint density at radius 1 is 1.38 bits per heavy atom. The van der Waals surface area contributed by atoms with Gasteiger partial charge in [-0.25, -0.2) is 5.10 Å². The number of H-pyrrole nitrogens is 1. The second-order valence-electron chi connectivity index (χ2n) is 6.79. The summed E-state index contributed by atoms with van der Waals surface area (Å²) in [7, 11) is 3.80. The summed E-state index contributed by atoms with van der Waals surface area (Å²) < 4.78 is 1.86. The molecule has 9 nitrogen and oxygen atoms in total. The van der Waals surface area contributed by atoms with Crippen LogP contribution >= 0.6 is 0 Å². The van der Waals surface area contributed by atoms with Crippen LogP contribution in [0.25, 0.3) is 0 Å². The van der Waals surface area contributed by atoms with Crippen LogP contribution in [-0.2, 0) is 24.3 Å². The molecule has 0 aromatic carbocycles. The molecule has 1 unspecified atom stereocenters. The minimum absolute atomic E-state index is 0.0424.